The molecule has 1 aliphatic heterocycles. The Morgan fingerprint density at radius 2 is 1.68 bits per heavy atom. The molecule has 1 heterocycles. The summed E-state index contributed by atoms with van der Waals surface area (Å²) in [5, 5.41) is 3.27. The van der Waals surface area contributed by atoms with Crippen molar-refractivity contribution in [3.05, 3.63) is 58.6 Å². The van der Waals surface area contributed by atoms with Crippen LogP contribution in [0.3, 0.4) is 0 Å². The lowest BCUT2D eigenvalue weighted by Crippen LogP contribution is -2.54. The van der Waals surface area contributed by atoms with Gasteiger partial charge in [-0.25, -0.2) is 13.2 Å². The highest BCUT2D eigenvalue weighted by atomic mass is 35.5. The normalized spacial score (nSPS) is 17.1. The van der Waals surface area contributed by atoms with E-state index in [4.69, 9.17) is 33.7 Å². The van der Waals surface area contributed by atoms with Gasteiger partial charge in [-0.15, -0.1) is 0 Å². The van der Waals surface area contributed by atoms with Crippen LogP contribution < -0.4 is 11.1 Å². The third-order valence-corrected chi connectivity index (χ3v) is 7.06. The predicted molar refractivity (Wildman–Crippen MR) is 108 cm³/mol. The summed E-state index contributed by atoms with van der Waals surface area (Å²) in [7, 11) is -3.75. The molecule has 3 rings (SSSR count). The molecular formula is C18H19Cl2N3O4S. The van der Waals surface area contributed by atoms with E-state index in [1.165, 1.54) is 16.4 Å². The Bertz CT molecular complexity index is 959. The van der Waals surface area contributed by atoms with E-state index in [-0.39, 0.29) is 35.8 Å². The highest BCUT2D eigenvalue weighted by molar-refractivity contribution is 7.89. The summed E-state index contributed by atoms with van der Waals surface area (Å²) in [5.74, 6) is 0. The first-order valence-electron chi connectivity index (χ1n) is 8.49. The second-order valence-corrected chi connectivity index (χ2v) is 9.17. The number of carbonyl (C=O) groups is 1. The second kappa shape index (κ2) is 8.26. The number of sulfonamides is 1. The Morgan fingerprint density at radius 1 is 1.07 bits per heavy atom. The number of nitrogens with one attached hydrogen (secondary N) is 1. The topological polar surface area (TPSA) is 102 Å². The zero-order valence-corrected chi connectivity index (χ0v) is 17.1. The molecule has 0 radical (unpaired) electrons. The van der Waals surface area contributed by atoms with Crippen molar-refractivity contribution in [3.63, 3.8) is 0 Å². The minimum absolute atomic E-state index is 0.0441. The minimum Gasteiger partial charge on any atom is -0.428 e. The van der Waals surface area contributed by atoms with E-state index >= 15 is 0 Å². The molecule has 0 unspecified atom stereocenters. The van der Waals surface area contributed by atoms with Gasteiger partial charge in [-0.1, -0.05) is 35.3 Å². The average Bonchev–Trinajstić information content (AvgIpc) is 2.64. The number of rotatable bonds is 4. The fourth-order valence-corrected chi connectivity index (χ4v) is 4.92. The number of amides is 1. The highest BCUT2D eigenvalue weighted by Gasteiger charge is 2.39. The summed E-state index contributed by atoms with van der Waals surface area (Å²) in [5.41, 5.74) is 5.41. The number of benzene rings is 2. The molecule has 0 aliphatic carbocycles. The first-order valence-corrected chi connectivity index (χ1v) is 10.7. The highest BCUT2D eigenvalue weighted by Crippen LogP contribution is 2.29. The van der Waals surface area contributed by atoms with Crippen LogP contribution in [0.1, 0.15) is 12.8 Å². The van der Waals surface area contributed by atoms with Gasteiger partial charge in [0.15, 0.2) is 5.72 Å². The molecule has 3 N–H and O–H groups in total. The van der Waals surface area contributed by atoms with Gasteiger partial charge < -0.3 is 4.74 Å². The predicted octanol–water partition coefficient (Wildman–Crippen LogP) is 3.68. The maximum atomic E-state index is 12.8. The molecule has 0 saturated carbocycles. The Kier molecular flexibility index (Phi) is 6.16. The summed E-state index contributed by atoms with van der Waals surface area (Å²) in [6.45, 7) is 0.219. The number of nitrogens with zero attached hydrogens (tertiary/aromatic N) is 1. The smallest absolute Gasteiger partial charge is 0.413 e. The van der Waals surface area contributed by atoms with Crippen molar-refractivity contribution < 1.29 is 17.9 Å². The molecule has 28 heavy (non-hydrogen) atoms. The summed E-state index contributed by atoms with van der Waals surface area (Å²) in [6.07, 6.45) is -0.401. The van der Waals surface area contributed by atoms with Crippen LogP contribution >= 0.6 is 23.2 Å². The summed E-state index contributed by atoms with van der Waals surface area (Å²) >= 11 is 11.8. The Balaban J connectivity index is 1.61. The van der Waals surface area contributed by atoms with E-state index in [0.29, 0.717) is 10.7 Å². The fourth-order valence-electron chi connectivity index (χ4n) is 2.86. The largest absolute Gasteiger partial charge is 0.428 e. The van der Waals surface area contributed by atoms with Crippen molar-refractivity contribution in [1.29, 1.82) is 0 Å². The van der Waals surface area contributed by atoms with E-state index in [1.807, 2.05) is 0 Å². The van der Waals surface area contributed by atoms with E-state index in [2.05, 4.69) is 5.32 Å². The lowest BCUT2D eigenvalue weighted by Gasteiger charge is -2.37. The molecule has 2 aromatic rings. The van der Waals surface area contributed by atoms with Gasteiger partial charge in [0.25, 0.3) is 0 Å². The number of hydrogen-bond donors (Lipinski definition) is 2. The Morgan fingerprint density at radius 3 is 2.29 bits per heavy atom. The van der Waals surface area contributed by atoms with Gasteiger partial charge in [0.2, 0.25) is 10.0 Å². The van der Waals surface area contributed by atoms with E-state index in [1.54, 1.807) is 36.4 Å². The van der Waals surface area contributed by atoms with Gasteiger partial charge >= 0.3 is 6.09 Å². The minimum atomic E-state index is -3.75. The molecule has 150 valence electrons. The van der Waals surface area contributed by atoms with Gasteiger partial charge in [-0.2, -0.15) is 4.31 Å². The number of halogens is 2. The molecule has 1 amide bonds. The van der Waals surface area contributed by atoms with E-state index in [9.17, 15) is 13.2 Å². The lowest BCUT2D eigenvalue weighted by molar-refractivity contribution is -0.0116. The van der Waals surface area contributed by atoms with Crippen molar-refractivity contribution in [3.8, 4) is 0 Å². The third-order valence-electron chi connectivity index (χ3n) is 4.41. The van der Waals surface area contributed by atoms with Crippen LogP contribution in [-0.2, 0) is 14.8 Å². The maximum absolute atomic E-state index is 12.8. The molecule has 0 aromatic heterocycles. The van der Waals surface area contributed by atoms with Gasteiger partial charge in [0.1, 0.15) is 4.90 Å². The molecule has 1 fully saturated rings. The fraction of sp³-hybridized carbons (Fsp3) is 0.278. The van der Waals surface area contributed by atoms with Crippen LogP contribution in [0.25, 0.3) is 0 Å². The van der Waals surface area contributed by atoms with Crippen LogP contribution in [0, 0.1) is 0 Å². The molecule has 0 bridgehead atoms. The molecular weight excluding hydrogens is 425 g/mol. The molecule has 1 saturated heterocycles. The first kappa shape index (κ1) is 20.9. The molecule has 7 nitrogen and oxygen atoms in total. The Hall–Kier alpha value is -1.84. The summed E-state index contributed by atoms with van der Waals surface area (Å²) < 4.78 is 32.2. The van der Waals surface area contributed by atoms with Crippen molar-refractivity contribution in [2.24, 2.45) is 5.73 Å². The quantitative estimate of drug-likeness (QED) is 0.701. The number of ether oxygens (including phenoxy) is 1. The zero-order chi connectivity index (χ0) is 20.4. The van der Waals surface area contributed by atoms with E-state index < -0.39 is 21.8 Å². The first-order chi connectivity index (χ1) is 13.2. The molecule has 0 atom stereocenters. The van der Waals surface area contributed by atoms with Crippen LogP contribution in [0.4, 0.5) is 10.5 Å². The molecule has 2 aromatic carbocycles. The van der Waals surface area contributed by atoms with Crippen LogP contribution in [0.2, 0.25) is 10.0 Å². The molecule has 0 spiro atoms. The third kappa shape index (κ3) is 4.76. The zero-order valence-electron chi connectivity index (χ0n) is 14.8. The van der Waals surface area contributed by atoms with Crippen molar-refractivity contribution in [1.82, 2.24) is 4.31 Å². The standard InChI is InChI=1S/C18H19Cl2N3O4S/c19-13-5-7-14(8-6-13)22-17(24)27-18(21)9-11-23(12-10-18)28(25,26)16-4-2-1-3-15(16)20/h1-8H,9-12,21H2,(H,22,24). The van der Waals surface area contributed by atoms with Crippen molar-refractivity contribution >= 4 is 45.0 Å². The number of piperidine rings is 1. The Labute approximate surface area is 173 Å². The van der Waals surface area contributed by atoms with Crippen molar-refractivity contribution in [2.45, 2.75) is 23.5 Å². The van der Waals surface area contributed by atoms with Crippen LogP contribution in [0.5, 0.6) is 0 Å². The van der Waals surface area contributed by atoms with E-state index in [0.717, 1.165) is 0 Å². The van der Waals surface area contributed by atoms with Crippen molar-refractivity contribution in [2.75, 3.05) is 18.4 Å². The lowest BCUT2D eigenvalue weighted by atomic mass is 10.0. The monoisotopic (exact) mass is 443 g/mol. The summed E-state index contributed by atoms with van der Waals surface area (Å²) in [6, 6.07) is 12.8. The number of nitrogens with two attached hydrogens (primary N) is 1. The number of anilines is 1. The van der Waals surface area contributed by atoms with Gasteiger partial charge in [0, 0.05) is 36.6 Å². The van der Waals surface area contributed by atoms with Crippen LogP contribution in [0.15, 0.2) is 53.4 Å². The maximum Gasteiger partial charge on any atom is 0.413 e. The summed E-state index contributed by atoms with van der Waals surface area (Å²) in [4.78, 5) is 12.2. The van der Waals surface area contributed by atoms with Gasteiger partial charge in [0.05, 0.1) is 5.02 Å². The van der Waals surface area contributed by atoms with Crippen LogP contribution in [-0.4, -0.2) is 37.6 Å². The van der Waals surface area contributed by atoms with Gasteiger partial charge in [-0.05, 0) is 36.4 Å². The molecule has 1 aliphatic rings. The number of hydrogen-bond acceptors (Lipinski definition) is 5. The molecule has 10 heteroatoms. The number of carbonyl (C=O) groups excluding carboxylic acids is 1. The second-order valence-electron chi connectivity index (χ2n) is 6.42. The van der Waals surface area contributed by atoms with Gasteiger partial charge in [-0.3, -0.25) is 11.1 Å². The average molecular weight is 444 g/mol. The SMILES string of the molecule is NC1(OC(=O)Nc2ccc(Cl)cc2)CCN(S(=O)(=O)c2ccccc2Cl)CC1.